The van der Waals surface area contributed by atoms with Crippen molar-refractivity contribution in [2.75, 3.05) is 32.2 Å². The molecule has 1 aliphatic heterocycles. The summed E-state index contributed by atoms with van der Waals surface area (Å²) in [5.41, 5.74) is 1.54. The molecule has 0 radical (unpaired) electrons. The van der Waals surface area contributed by atoms with Gasteiger partial charge in [0.2, 0.25) is 5.91 Å². The number of methoxy groups -OCH3 is 2. The molecule has 8 heteroatoms. The minimum atomic E-state index is -0.343. The molecule has 0 saturated carbocycles. The number of carbonyl (C=O) groups is 2. The minimum Gasteiger partial charge on any atom is -0.493 e. The molecule has 1 heterocycles. The largest absolute Gasteiger partial charge is 0.493 e. The number of halogens is 1. The molecule has 0 bridgehead atoms. The molecule has 2 N–H and O–H groups in total. The first-order valence-corrected chi connectivity index (χ1v) is 9.28. The first kappa shape index (κ1) is 20.4. The van der Waals surface area contributed by atoms with Gasteiger partial charge in [0.25, 0.3) is 0 Å². The Morgan fingerprint density at radius 3 is 2.52 bits per heavy atom. The SMILES string of the molecule is COc1ccc(CNC(=O)NCC2CC(=O)N(c3ccc(F)cc3)C2)cc1OC. The molecule has 0 spiro atoms. The molecular weight excluding hydrogens is 377 g/mol. The number of nitrogens with zero attached hydrogens (tertiary/aromatic N) is 1. The fourth-order valence-corrected chi connectivity index (χ4v) is 3.26. The number of anilines is 1. The predicted octanol–water partition coefficient (Wildman–Crippen LogP) is 2.70. The summed E-state index contributed by atoms with van der Waals surface area (Å²) in [6.07, 6.45) is 0.341. The number of benzene rings is 2. The second-order valence-electron chi connectivity index (χ2n) is 6.80. The quantitative estimate of drug-likeness (QED) is 0.748. The van der Waals surface area contributed by atoms with Crippen LogP contribution in [0.3, 0.4) is 0 Å². The van der Waals surface area contributed by atoms with Crippen molar-refractivity contribution >= 4 is 17.6 Å². The van der Waals surface area contributed by atoms with E-state index in [1.54, 1.807) is 43.4 Å². The van der Waals surface area contributed by atoms with Gasteiger partial charge >= 0.3 is 6.03 Å². The van der Waals surface area contributed by atoms with Crippen LogP contribution in [0, 0.1) is 11.7 Å². The van der Waals surface area contributed by atoms with Crippen LogP contribution in [0.4, 0.5) is 14.9 Å². The van der Waals surface area contributed by atoms with E-state index in [0.29, 0.717) is 43.2 Å². The topological polar surface area (TPSA) is 79.9 Å². The summed E-state index contributed by atoms with van der Waals surface area (Å²) < 4.78 is 23.5. The van der Waals surface area contributed by atoms with Crippen molar-refractivity contribution in [1.82, 2.24) is 10.6 Å². The second-order valence-corrected chi connectivity index (χ2v) is 6.80. The van der Waals surface area contributed by atoms with Crippen molar-refractivity contribution < 1.29 is 23.5 Å². The fourth-order valence-electron chi connectivity index (χ4n) is 3.26. The van der Waals surface area contributed by atoms with Crippen LogP contribution < -0.4 is 25.0 Å². The molecule has 29 heavy (non-hydrogen) atoms. The van der Waals surface area contributed by atoms with Crippen LogP contribution in [0.2, 0.25) is 0 Å². The Morgan fingerprint density at radius 2 is 1.83 bits per heavy atom. The first-order valence-electron chi connectivity index (χ1n) is 9.28. The number of rotatable bonds is 7. The average molecular weight is 401 g/mol. The van der Waals surface area contributed by atoms with E-state index < -0.39 is 0 Å². The van der Waals surface area contributed by atoms with Crippen molar-refractivity contribution in [3.8, 4) is 11.5 Å². The molecule has 1 aliphatic rings. The van der Waals surface area contributed by atoms with Gasteiger partial charge in [-0.05, 0) is 42.0 Å². The lowest BCUT2D eigenvalue weighted by Crippen LogP contribution is -2.38. The Balaban J connectivity index is 1.46. The van der Waals surface area contributed by atoms with Gasteiger partial charge in [-0.1, -0.05) is 6.07 Å². The summed E-state index contributed by atoms with van der Waals surface area (Å²) in [6.45, 7) is 1.19. The summed E-state index contributed by atoms with van der Waals surface area (Å²) >= 11 is 0. The number of amides is 3. The molecule has 0 aromatic heterocycles. The number of hydrogen-bond acceptors (Lipinski definition) is 4. The summed E-state index contributed by atoms with van der Waals surface area (Å²) in [7, 11) is 3.12. The smallest absolute Gasteiger partial charge is 0.315 e. The number of carbonyl (C=O) groups excluding carboxylic acids is 2. The Hall–Kier alpha value is -3.29. The van der Waals surface area contributed by atoms with Crippen molar-refractivity contribution in [2.45, 2.75) is 13.0 Å². The number of nitrogens with one attached hydrogen (secondary N) is 2. The van der Waals surface area contributed by atoms with Gasteiger partial charge in [-0.3, -0.25) is 4.79 Å². The third-order valence-corrected chi connectivity index (χ3v) is 4.80. The maximum absolute atomic E-state index is 13.1. The Labute approximate surface area is 168 Å². The van der Waals surface area contributed by atoms with Crippen molar-refractivity contribution in [3.05, 3.63) is 53.8 Å². The second kappa shape index (κ2) is 9.27. The average Bonchev–Trinajstić information content (AvgIpc) is 3.11. The lowest BCUT2D eigenvalue weighted by molar-refractivity contribution is -0.117. The van der Waals surface area contributed by atoms with E-state index in [0.717, 1.165) is 5.56 Å². The highest BCUT2D eigenvalue weighted by molar-refractivity contribution is 5.95. The molecular formula is C21H24FN3O4. The number of hydrogen-bond donors (Lipinski definition) is 2. The highest BCUT2D eigenvalue weighted by Gasteiger charge is 2.30. The number of urea groups is 1. The zero-order valence-electron chi connectivity index (χ0n) is 16.4. The van der Waals surface area contributed by atoms with Gasteiger partial charge in [0.1, 0.15) is 5.82 Å². The van der Waals surface area contributed by atoms with Gasteiger partial charge in [0, 0.05) is 37.7 Å². The minimum absolute atomic E-state index is 0.000571. The Kier molecular flexibility index (Phi) is 6.54. The maximum Gasteiger partial charge on any atom is 0.315 e. The highest BCUT2D eigenvalue weighted by Crippen LogP contribution is 2.27. The molecule has 7 nitrogen and oxygen atoms in total. The van der Waals surface area contributed by atoms with Crippen LogP contribution in [0.1, 0.15) is 12.0 Å². The predicted molar refractivity (Wildman–Crippen MR) is 107 cm³/mol. The monoisotopic (exact) mass is 401 g/mol. The molecule has 2 aromatic rings. The van der Waals surface area contributed by atoms with Crippen molar-refractivity contribution in [3.63, 3.8) is 0 Å². The first-order chi connectivity index (χ1) is 14.0. The molecule has 2 aromatic carbocycles. The Bertz CT molecular complexity index is 873. The normalized spacial score (nSPS) is 15.9. The third kappa shape index (κ3) is 5.16. The van der Waals surface area contributed by atoms with E-state index in [4.69, 9.17) is 9.47 Å². The molecule has 3 rings (SSSR count). The van der Waals surface area contributed by atoms with E-state index in [-0.39, 0.29) is 23.7 Å². The standard InChI is InChI=1S/C21H24FN3O4/c1-28-18-8-3-14(9-19(18)29-2)11-23-21(27)24-12-15-10-20(26)25(13-15)17-6-4-16(22)5-7-17/h3-9,15H,10-13H2,1-2H3,(H2,23,24,27). The Morgan fingerprint density at radius 1 is 1.10 bits per heavy atom. The van der Waals surface area contributed by atoms with Crippen LogP contribution in [0.5, 0.6) is 11.5 Å². The lowest BCUT2D eigenvalue weighted by Gasteiger charge is -2.17. The van der Waals surface area contributed by atoms with E-state index >= 15 is 0 Å². The maximum atomic E-state index is 13.1. The van der Waals surface area contributed by atoms with E-state index in [1.807, 2.05) is 6.07 Å². The lowest BCUT2D eigenvalue weighted by atomic mass is 10.1. The fraction of sp³-hybridized carbons (Fsp3) is 0.333. The molecule has 154 valence electrons. The van der Waals surface area contributed by atoms with Crippen LogP contribution in [0.25, 0.3) is 0 Å². The highest BCUT2D eigenvalue weighted by atomic mass is 19.1. The number of ether oxygens (including phenoxy) is 2. The third-order valence-electron chi connectivity index (χ3n) is 4.80. The van der Waals surface area contributed by atoms with Gasteiger partial charge in [0.05, 0.1) is 14.2 Å². The van der Waals surface area contributed by atoms with Gasteiger partial charge < -0.3 is 25.0 Å². The van der Waals surface area contributed by atoms with Gasteiger partial charge in [-0.2, -0.15) is 0 Å². The van der Waals surface area contributed by atoms with Crippen molar-refractivity contribution in [2.24, 2.45) is 5.92 Å². The molecule has 1 saturated heterocycles. The summed E-state index contributed by atoms with van der Waals surface area (Å²) in [5, 5.41) is 5.59. The van der Waals surface area contributed by atoms with E-state index in [9.17, 15) is 14.0 Å². The van der Waals surface area contributed by atoms with Crippen LogP contribution in [-0.2, 0) is 11.3 Å². The van der Waals surface area contributed by atoms with Gasteiger partial charge in [-0.15, -0.1) is 0 Å². The zero-order chi connectivity index (χ0) is 20.8. The molecule has 1 atom stereocenters. The van der Waals surface area contributed by atoms with Crippen molar-refractivity contribution in [1.29, 1.82) is 0 Å². The zero-order valence-corrected chi connectivity index (χ0v) is 16.4. The summed E-state index contributed by atoms with van der Waals surface area (Å²) in [6, 6.07) is 10.9. The van der Waals surface area contributed by atoms with E-state index in [1.165, 1.54) is 12.1 Å². The van der Waals surface area contributed by atoms with E-state index in [2.05, 4.69) is 10.6 Å². The molecule has 1 unspecified atom stereocenters. The molecule has 0 aliphatic carbocycles. The van der Waals surface area contributed by atoms with Crippen LogP contribution in [0.15, 0.2) is 42.5 Å². The van der Waals surface area contributed by atoms with Gasteiger partial charge in [-0.25, -0.2) is 9.18 Å². The van der Waals surface area contributed by atoms with Crippen LogP contribution >= 0.6 is 0 Å². The summed E-state index contributed by atoms with van der Waals surface area (Å²) in [5.74, 6) is 0.841. The molecule has 3 amide bonds. The van der Waals surface area contributed by atoms with Gasteiger partial charge in [0.15, 0.2) is 11.5 Å². The van der Waals surface area contributed by atoms with Crippen LogP contribution in [-0.4, -0.2) is 39.2 Å². The summed E-state index contributed by atoms with van der Waals surface area (Å²) in [4.78, 5) is 25.9. The molecule has 1 fully saturated rings.